The maximum atomic E-state index is 12.6. The van der Waals surface area contributed by atoms with E-state index in [-0.39, 0.29) is 5.78 Å². The molecule has 0 atom stereocenters. The highest BCUT2D eigenvalue weighted by molar-refractivity contribution is 7.73. The van der Waals surface area contributed by atoms with E-state index in [1.165, 1.54) is 10.6 Å². The van der Waals surface area contributed by atoms with Crippen molar-refractivity contribution in [3.05, 3.63) is 90.8 Å². The van der Waals surface area contributed by atoms with Crippen LogP contribution in [-0.4, -0.2) is 16.9 Å². The minimum Gasteiger partial charge on any atom is -0.292 e. The first-order chi connectivity index (χ1) is 10.8. The molecule has 1 heterocycles. The third kappa shape index (κ3) is 3.47. The number of benzene rings is 2. The van der Waals surface area contributed by atoms with Crippen LogP contribution in [0.25, 0.3) is 0 Å². The van der Waals surface area contributed by atoms with Gasteiger partial charge in [-0.1, -0.05) is 66.7 Å². The molecule has 0 amide bonds. The highest BCUT2D eigenvalue weighted by Gasteiger charge is 2.19. The number of carbonyl (C=O) groups excluding carboxylic acids is 1. The van der Waals surface area contributed by atoms with Crippen LogP contribution in [0.15, 0.2) is 85.1 Å². The highest BCUT2D eigenvalue weighted by Crippen LogP contribution is 2.33. The molecule has 0 N–H and O–H groups in total. The van der Waals surface area contributed by atoms with E-state index in [4.69, 9.17) is 0 Å². The second-order valence-corrected chi connectivity index (χ2v) is 7.10. The standard InChI is InChI=1S/C19H16NOP/c21-19(18-13-7-8-14-20-18)15-22(16-9-3-1-4-10-16)17-11-5-2-6-12-17/h1-14H,15H2. The first kappa shape index (κ1) is 14.6. The monoisotopic (exact) mass is 305 g/mol. The van der Waals surface area contributed by atoms with Crippen molar-refractivity contribution < 1.29 is 4.79 Å². The van der Waals surface area contributed by atoms with Gasteiger partial charge in [-0.25, -0.2) is 0 Å². The van der Waals surface area contributed by atoms with Gasteiger partial charge in [-0.05, 0) is 30.7 Å². The van der Waals surface area contributed by atoms with Gasteiger partial charge in [0.05, 0.1) is 0 Å². The lowest BCUT2D eigenvalue weighted by Gasteiger charge is -2.17. The number of pyridine rings is 1. The fraction of sp³-hybridized carbons (Fsp3) is 0.0526. The van der Waals surface area contributed by atoms with Crippen LogP contribution < -0.4 is 10.6 Å². The van der Waals surface area contributed by atoms with Gasteiger partial charge in [-0.3, -0.25) is 9.78 Å². The van der Waals surface area contributed by atoms with Crippen LogP contribution in [0.4, 0.5) is 0 Å². The van der Waals surface area contributed by atoms with Crippen molar-refractivity contribution in [2.24, 2.45) is 0 Å². The molecule has 0 saturated heterocycles. The predicted molar refractivity (Wildman–Crippen MR) is 92.5 cm³/mol. The zero-order valence-electron chi connectivity index (χ0n) is 12.1. The minimum absolute atomic E-state index is 0.0967. The normalized spacial score (nSPS) is 10.6. The molecule has 3 rings (SSSR count). The van der Waals surface area contributed by atoms with E-state index in [1.807, 2.05) is 48.5 Å². The Labute approximate surface area is 131 Å². The Bertz CT molecular complexity index is 690. The third-order valence-corrected chi connectivity index (χ3v) is 5.83. The molecule has 0 unspecified atom stereocenters. The van der Waals surface area contributed by atoms with Gasteiger partial charge in [0, 0.05) is 12.4 Å². The van der Waals surface area contributed by atoms with Crippen LogP contribution in [-0.2, 0) is 0 Å². The smallest absolute Gasteiger partial charge is 0.186 e. The van der Waals surface area contributed by atoms with E-state index >= 15 is 0 Å². The van der Waals surface area contributed by atoms with Crippen molar-refractivity contribution in [3.63, 3.8) is 0 Å². The molecule has 0 saturated carbocycles. The van der Waals surface area contributed by atoms with Crippen molar-refractivity contribution in [3.8, 4) is 0 Å². The Kier molecular flexibility index (Phi) is 4.72. The topological polar surface area (TPSA) is 30.0 Å². The summed E-state index contributed by atoms with van der Waals surface area (Å²) in [6.07, 6.45) is 2.15. The predicted octanol–water partition coefficient (Wildman–Crippen LogP) is 3.40. The number of ketones is 1. The van der Waals surface area contributed by atoms with Crippen molar-refractivity contribution in [1.82, 2.24) is 4.98 Å². The van der Waals surface area contributed by atoms with Crippen LogP contribution in [0.3, 0.4) is 0 Å². The van der Waals surface area contributed by atoms with E-state index in [9.17, 15) is 4.79 Å². The largest absolute Gasteiger partial charge is 0.292 e. The number of hydrogen-bond acceptors (Lipinski definition) is 2. The summed E-state index contributed by atoms with van der Waals surface area (Å²) >= 11 is 0. The molecule has 1 aromatic heterocycles. The van der Waals surface area contributed by atoms with E-state index in [0.29, 0.717) is 11.9 Å². The maximum Gasteiger partial charge on any atom is 0.186 e. The summed E-state index contributed by atoms with van der Waals surface area (Å²) < 4.78 is 0. The van der Waals surface area contributed by atoms with E-state index in [0.717, 1.165) is 0 Å². The lowest BCUT2D eigenvalue weighted by Crippen LogP contribution is -2.19. The number of rotatable bonds is 5. The first-order valence-electron chi connectivity index (χ1n) is 7.16. The molecule has 3 heteroatoms. The molecule has 108 valence electrons. The van der Waals surface area contributed by atoms with Gasteiger partial charge >= 0.3 is 0 Å². The summed E-state index contributed by atoms with van der Waals surface area (Å²) in [5, 5.41) is 2.43. The van der Waals surface area contributed by atoms with Crippen LogP contribution in [0.5, 0.6) is 0 Å². The molecular formula is C19H16NOP. The SMILES string of the molecule is O=C(CP(c1ccccc1)c1ccccc1)c1ccccn1. The van der Waals surface area contributed by atoms with Crippen molar-refractivity contribution in [1.29, 1.82) is 0 Å². The summed E-state index contributed by atoms with van der Waals surface area (Å²) in [4.78, 5) is 16.7. The van der Waals surface area contributed by atoms with Gasteiger partial charge in [0.1, 0.15) is 5.69 Å². The highest BCUT2D eigenvalue weighted by atomic mass is 31.1. The third-order valence-electron chi connectivity index (χ3n) is 3.39. The van der Waals surface area contributed by atoms with Crippen molar-refractivity contribution in [2.45, 2.75) is 0 Å². The molecule has 0 fully saturated rings. The summed E-state index contributed by atoms with van der Waals surface area (Å²) in [6.45, 7) is 0. The van der Waals surface area contributed by atoms with Gasteiger partial charge in [0.2, 0.25) is 0 Å². The zero-order valence-corrected chi connectivity index (χ0v) is 13.0. The minimum atomic E-state index is -0.703. The Hall–Kier alpha value is -2.31. The molecule has 0 aliphatic rings. The second kappa shape index (κ2) is 7.11. The summed E-state index contributed by atoms with van der Waals surface area (Å²) in [7, 11) is -0.703. The molecule has 2 nitrogen and oxygen atoms in total. The average molecular weight is 305 g/mol. The first-order valence-corrected chi connectivity index (χ1v) is 8.69. The molecule has 2 aromatic carbocycles. The Morgan fingerprint density at radius 1 is 0.773 bits per heavy atom. The van der Waals surface area contributed by atoms with Crippen LogP contribution in [0.2, 0.25) is 0 Å². The fourth-order valence-corrected chi connectivity index (χ4v) is 4.48. The molecule has 22 heavy (non-hydrogen) atoms. The number of carbonyl (C=O) groups is 1. The van der Waals surface area contributed by atoms with Crippen molar-refractivity contribution >= 4 is 24.3 Å². The summed E-state index contributed by atoms with van der Waals surface area (Å²) in [6, 6.07) is 26.0. The Balaban J connectivity index is 1.91. The lowest BCUT2D eigenvalue weighted by molar-refractivity contribution is 0.101. The summed E-state index contributed by atoms with van der Waals surface area (Å²) in [5.41, 5.74) is 0.543. The van der Waals surface area contributed by atoms with Crippen LogP contribution in [0, 0.1) is 0 Å². The molecular weight excluding hydrogens is 289 g/mol. The summed E-state index contributed by atoms with van der Waals surface area (Å²) in [5.74, 6) is 0.0967. The molecule has 0 aliphatic heterocycles. The number of aromatic nitrogens is 1. The Morgan fingerprint density at radius 2 is 1.32 bits per heavy atom. The molecule has 0 spiro atoms. The van der Waals surface area contributed by atoms with Gasteiger partial charge < -0.3 is 0 Å². The molecule has 0 bridgehead atoms. The second-order valence-electron chi connectivity index (χ2n) is 4.90. The van der Waals surface area contributed by atoms with Crippen molar-refractivity contribution in [2.75, 3.05) is 6.16 Å². The van der Waals surface area contributed by atoms with Gasteiger partial charge in [-0.15, -0.1) is 0 Å². The van der Waals surface area contributed by atoms with E-state index < -0.39 is 7.92 Å². The zero-order chi connectivity index (χ0) is 15.2. The van der Waals surface area contributed by atoms with Gasteiger partial charge in [0.25, 0.3) is 0 Å². The average Bonchev–Trinajstić information content (AvgIpc) is 2.62. The fourth-order valence-electron chi connectivity index (χ4n) is 2.30. The van der Waals surface area contributed by atoms with Gasteiger partial charge in [-0.2, -0.15) is 0 Å². The van der Waals surface area contributed by atoms with E-state index in [2.05, 4.69) is 29.2 Å². The van der Waals surface area contributed by atoms with Gasteiger partial charge in [0.15, 0.2) is 5.78 Å². The lowest BCUT2D eigenvalue weighted by atomic mass is 10.3. The number of hydrogen-bond donors (Lipinski definition) is 0. The molecule has 0 radical (unpaired) electrons. The van der Waals surface area contributed by atoms with Crippen LogP contribution in [0.1, 0.15) is 10.5 Å². The quantitative estimate of drug-likeness (QED) is 0.534. The van der Waals surface area contributed by atoms with E-state index in [1.54, 1.807) is 12.3 Å². The number of nitrogens with zero attached hydrogens (tertiary/aromatic N) is 1. The number of Topliss-reactive ketones (excluding diaryl/α,β-unsaturated/α-hetero) is 1. The van der Waals surface area contributed by atoms with Crippen LogP contribution >= 0.6 is 7.92 Å². The Morgan fingerprint density at radius 3 is 1.82 bits per heavy atom. The molecule has 0 aliphatic carbocycles. The maximum absolute atomic E-state index is 12.6. The molecule has 3 aromatic rings.